The maximum Gasteiger partial charge on any atom is 0.417 e. The molecule has 3 rings (SSSR count). The second kappa shape index (κ2) is 8.02. The normalized spacial score (nSPS) is 21.0. The Labute approximate surface area is 165 Å². The summed E-state index contributed by atoms with van der Waals surface area (Å²) >= 11 is 6.00. The molecule has 11 heteroatoms. The smallest absolute Gasteiger partial charge is 0.352 e. The summed E-state index contributed by atoms with van der Waals surface area (Å²) in [5.41, 5.74) is 4.41. The number of anilines is 1. The molecule has 7 nitrogen and oxygen atoms in total. The Hall–Kier alpha value is -2.23. The van der Waals surface area contributed by atoms with Gasteiger partial charge < -0.3 is 20.4 Å². The highest BCUT2D eigenvalue weighted by Crippen LogP contribution is 2.33. The van der Waals surface area contributed by atoms with E-state index >= 15 is 0 Å². The average molecular weight is 420 g/mol. The highest BCUT2D eigenvalue weighted by molar-refractivity contribution is 6.33. The van der Waals surface area contributed by atoms with Gasteiger partial charge in [-0.05, 0) is 18.9 Å². The number of carbonyl (C=O) groups is 2. The Morgan fingerprint density at radius 1 is 1.14 bits per heavy atom. The first-order chi connectivity index (χ1) is 13.2. The van der Waals surface area contributed by atoms with Crippen molar-refractivity contribution in [3.63, 3.8) is 0 Å². The van der Waals surface area contributed by atoms with Crippen LogP contribution in [0.4, 0.5) is 23.8 Å². The fraction of sp³-hybridized carbons (Fsp3) is 0.588. The van der Waals surface area contributed by atoms with Gasteiger partial charge in [0.1, 0.15) is 5.82 Å². The van der Waals surface area contributed by atoms with E-state index in [1.807, 2.05) is 0 Å². The Balaban J connectivity index is 1.60. The van der Waals surface area contributed by atoms with Crippen LogP contribution in [0.15, 0.2) is 12.3 Å². The molecular formula is C17H21ClF3N5O2. The molecule has 0 saturated carbocycles. The number of pyridine rings is 1. The number of alkyl halides is 3. The van der Waals surface area contributed by atoms with Crippen LogP contribution in [0.1, 0.15) is 18.4 Å². The number of amides is 3. The van der Waals surface area contributed by atoms with Gasteiger partial charge in [0.15, 0.2) is 0 Å². The lowest BCUT2D eigenvalue weighted by atomic mass is 9.96. The first-order valence-electron chi connectivity index (χ1n) is 8.97. The third-order valence-corrected chi connectivity index (χ3v) is 5.40. The third-order valence-electron chi connectivity index (χ3n) is 5.12. The van der Waals surface area contributed by atoms with Crippen molar-refractivity contribution in [3.8, 4) is 0 Å². The van der Waals surface area contributed by atoms with Crippen LogP contribution in [-0.4, -0.2) is 66.0 Å². The molecule has 0 bridgehead atoms. The highest BCUT2D eigenvalue weighted by Gasteiger charge is 2.34. The number of hydrogen-bond acceptors (Lipinski definition) is 4. The van der Waals surface area contributed by atoms with Crippen LogP contribution in [0, 0.1) is 5.92 Å². The first kappa shape index (κ1) is 20.5. The number of rotatable bonds is 2. The van der Waals surface area contributed by atoms with Crippen molar-refractivity contribution < 1.29 is 22.8 Å². The maximum atomic E-state index is 12.7. The largest absolute Gasteiger partial charge is 0.417 e. The molecule has 2 N–H and O–H groups in total. The molecule has 0 aromatic carbocycles. The molecule has 1 aromatic heterocycles. The number of aromatic nitrogens is 1. The number of carbonyl (C=O) groups excluding carboxylic acids is 2. The van der Waals surface area contributed by atoms with Crippen molar-refractivity contribution in [2.75, 3.05) is 44.2 Å². The third kappa shape index (κ3) is 4.43. The van der Waals surface area contributed by atoms with Crippen molar-refractivity contribution in [2.24, 2.45) is 11.7 Å². The second-order valence-corrected chi connectivity index (χ2v) is 7.37. The number of halogens is 4. The van der Waals surface area contributed by atoms with Crippen LogP contribution in [0.3, 0.4) is 0 Å². The summed E-state index contributed by atoms with van der Waals surface area (Å²) in [6, 6.07) is 0.340. The van der Waals surface area contributed by atoms with Crippen LogP contribution in [0.2, 0.25) is 5.02 Å². The van der Waals surface area contributed by atoms with Crippen LogP contribution in [0.5, 0.6) is 0 Å². The fourth-order valence-electron chi connectivity index (χ4n) is 3.59. The molecule has 2 fully saturated rings. The van der Waals surface area contributed by atoms with Gasteiger partial charge >= 0.3 is 12.2 Å². The Kier molecular flexibility index (Phi) is 5.87. The van der Waals surface area contributed by atoms with E-state index in [0.717, 1.165) is 18.7 Å². The van der Waals surface area contributed by atoms with Gasteiger partial charge in [-0.15, -0.1) is 0 Å². The van der Waals surface area contributed by atoms with Crippen LogP contribution < -0.4 is 10.6 Å². The highest BCUT2D eigenvalue weighted by atomic mass is 35.5. The molecule has 1 aromatic rings. The molecule has 2 aliphatic heterocycles. The summed E-state index contributed by atoms with van der Waals surface area (Å²) in [5, 5.41) is -0.0704. The summed E-state index contributed by atoms with van der Waals surface area (Å²) in [4.78, 5) is 32.9. The molecular weight excluding hydrogens is 399 g/mol. The Morgan fingerprint density at radius 2 is 1.82 bits per heavy atom. The van der Waals surface area contributed by atoms with Crippen molar-refractivity contribution in [1.82, 2.24) is 14.8 Å². The zero-order valence-electron chi connectivity index (χ0n) is 15.1. The van der Waals surface area contributed by atoms with Crippen LogP contribution >= 0.6 is 11.6 Å². The van der Waals surface area contributed by atoms with E-state index < -0.39 is 17.8 Å². The zero-order valence-corrected chi connectivity index (χ0v) is 15.8. The molecule has 0 spiro atoms. The van der Waals surface area contributed by atoms with Crippen molar-refractivity contribution in [1.29, 1.82) is 0 Å². The number of urea groups is 1. The molecule has 28 heavy (non-hydrogen) atoms. The van der Waals surface area contributed by atoms with Gasteiger partial charge in [0.2, 0.25) is 5.91 Å². The second-order valence-electron chi connectivity index (χ2n) is 6.96. The number of piperidine rings is 1. The van der Waals surface area contributed by atoms with Gasteiger partial charge in [-0.2, -0.15) is 13.2 Å². The minimum absolute atomic E-state index is 0.0305. The minimum Gasteiger partial charge on any atom is -0.352 e. The van der Waals surface area contributed by atoms with Gasteiger partial charge in [0.05, 0.1) is 16.5 Å². The standard InChI is InChI=1S/C17H21ClF3N5O2/c18-13-8-12(17(19,20)21)9-23-14(13)24-4-6-25(7-5-24)15(27)11-2-1-3-26(10-11)16(22)28/h8-9,11H,1-7,10H2,(H2,22,28)/t11-/m1/s1. The van der Waals surface area contributed by atoms with Gasteiger partial charge in [-0.3, -0.25) is 4.79 Å². The molecule has 0 radical (unpaired) electrons. The fourth-order valence-corrected chi connectivity index (χ4v) is 3.88. The number of piperazine rings is 1. The lowest BCUT2D eigenvalue weighted by Crippen LogP contribution is -2.53. The Morgan fingerprint density at radius 3 is 2.39 bits per heavy atom. The quantitative estimate of drug-likeness (QED) is 0.796. The number of likely N-dealkylation sites (tertiary alicyclic amines) is 1. The maximum absolute atomic E-state index is 12.7. The van der Waals surface area contributed by atoms with Crippen LogP contribution in [0.25, 0.3) is 0 Å². The summed E-state index contributed by atoms with van der Waals surface area (Å²) < 4.78 is 38.2. The number of nitrogens with two attached hydrogens (primary N) is 1. The van der Waals surface area contributed by atoms with Crippen molar-refractivity contribution in [2.45, 2.75) is 19.0 Å². The lowest BCUT2D eigenvalue weighted by molar-refractivity contribution is -0.138. The van der Waals surface area contributed by atoms with E-state index in [1.54, 1.807) is 9.80 Å². The first-order valence-corrected chi connectivity index (χ1v) is 9.35. The summed E-state index contributed by atoms with van der Waals surface area (Å²) in [7, 11) is 0. The predicted molar refractivity (Wildman–Crippen MR) is 96.9 cm³/mol. The molecule has 3 heterocycles. The topological polar surface area (TPSA) is 82.8 Å². The molecule has 154 valence electrons. The van der Waals surface area contributed by atoms with E-state index in [-0.39, 0.29) is 22.7 Å². The number of primary amides is 1. The van der Waals surface area contributed by atoms with Gasteiger partial charge in [0, 0.05) is 45.5 Å². The van der Waals surface area contributed by atoms with Gasteiger partial charge in [0.25, 0.3) is 0 Å². The van der Waals surface area contributed by atoms with Gasteiger partial charge in [-0.25, -0.2) is 9.78 Å². The monoisotopic (exact) mass is 419 g/mol. The summed E-state index contributed by atoms with van der Waals surface area (Å²) in [6.45, 7) is 2.52. The minimum atomic E-state index is -4.50. The lowest BCUT2D eigenvalue weighted by Gasteiger charge is -2.39. The molecule has 0 aliphatic carbocycles. The van der Waals surface area contributed by atoms with E-state index in [2.05, 4.69) is 4.98 Å². The van der Waals surface area contributed by atoms with E-state index in [0.29, 0.717) is 45.7 Å². The van der Waals surface area contributed by atoms with Crippen molar-refractivity contribution >= 4 is 29.4 Å². The molecule has 2 aliphatic rings. The zero-order chi connectivity index (χ0) is 20.5. The summed E-state index contributed by atoms with van der Waals surface area (Å²) in [6.07, 6.45) is -2.31. The van der Waals surface area contributed by atoms with E-state index in [9.17, 15) is 22.8 Å². The number of hydrogen-bond donors (Lipinski definition) is 1. The molecule has 1 atom stereocenters. The molecule has 0 unspecified atom stereocenters. The average Bonchev–Trinajstić information content (AvgIpc) is 2.67. The van der Waals surface area contributed by atoms with E-state index in [4.69, 9.17) is 17.3 Å². The molecule has 3 amide bonds. The summed E-state index contributed by atoms with van der Waals surface area (Å²) in [5.74, 6) is -0.0306. The van der Waals surface area contributed by atoms with Gasteiger partial charge in [-0.1, -0.05) is 11.6 Å². The van der Waals surface area contributed by atoms with Crippen LogP contribution in [-0.2, 0) is 11.0 Å². The van der Waals surface area contributed by atoms with E-state index in [1.165, 1.54) is 4.90 Å². The SMILES string of the molecule is NC(=O)N1CCC[C@@H](C(=O)N2CCN(c3ncc(C(F)(F)F)cc3Cl)CC2)C1. The number of nitrogens with zero attached hydrogens (tertiary/aromatic N) is 4. The molecule has 2 saturated heterocycles. The predicted octanol–water partition coefficient (Wildman–Crippen LogP) is 2.19. The van der Waals surface area contributed by atoms with Crippen molar-refractivity contribution in [3.05, 3.63) is 22.8 Å². The Bertz CT molecular complexity index is 753.